The third-order valence-corrected chi connectivity index (χ3v) is 7.41. The molecule has 1 aromatic carbocycles. The lowest BCUT2D eigenvalue weighted by Crippen LogP contribution is -2.56. The van der Waals surface area contributed by atoms with Crippen LogP contribution in [0.25, 0.3) is 10.9 Å². The molecule has 128 valence electrons. The average molecular weight is 389 g/mol. The van der Waals surface area contributed by atoms with Crippen molar-refractivity contribution < 1.29 is 4.74 Å². The van der Waals surface area contributed by atoms with Crippen LogP contribution in [0.5, 0.6) is 5.75 Å². The van der Waals surface area contributed by atoms with Crippen LogP contribution in [-0.4, -0.2) is 36.1 Å². The second-order valence-electron chi connectivity index (χ2n) is 7.90. The van der Waals surface area contributed by atoms with Gasteiger partial charge < -0.3 is 9.72 Å². The summed E-state index contributed by atoms with van der Waals surface area (Å²) in [6.07, 6.45) is 5.30. The molecule has 3 aliphatic heterocycles. The maximum atomic E-state index is 5.54. The molecule has 1 aromatic heterocycles. The van der Waals surface area contributed by atoms with E-state index in [4.69, 9.17) is 4.74 Å². The number of aromatic amines is 1. The molecular formula is C20H25BrN2O. The molecule has 2 aromatic rings. The van der Waals surface area contributed by atoms with E-state index >= 15 is 0 Å². The van der Waals surface area contributed by atoms with Gasteiger partial charge in [0.05, 0.1) is 11.6 Å². The zero-order valence-corrected chi connectivity index (χ0v) is 16.0. The van der Waals surface area contributed by atoms with E-state index in [9.17, 15) is 0 Å². The van der Waals surface area contributed by atoms with Gasteiger partial charge in [0.25, 0.3) is 0 Å². The molecule has 0 amide bonds. The van der Waals surface area contributed by atoms with Gasteiger partial charge in [-0.1, -0.05) is 13.3 Å². The Morgan fingerprint density at radius 3 is 3.00 bits per heavy atom. The summed E-state index contributed by atoms with van der Waals surface area (Å²) in [5.74, 6) is 3.40. The topological polar surface area (TPSA) is 28.3 Å². The standard InChI is InChI=1S/C20H25BrN2O/c1-3-12-6-11-7-15-19-13(4-5-23(10-11)20(12)15)14-8-18(24-2)16(21)9-17(14)22-19/h8-9,11-12,15,20,22H,3-7,10H2,1-2H3. The lowest BCUT2D eigenvalue weighted by Gasteiger charge is -2.53. The van der Waals surface area contributed by atoms with Gasteiger partial charge in [0.15, 0.2) is 0 Å². The van der Waals surface area contributed by atoms with Crippen molar-refractivity contribution >= 4 is 26.8 Å². The van der Waals surface area contributed by atoms with Crippen molar-refractivity contribution in [3.8, 4) is 5.75 Å². The lowest BCUT2D eigenvalue weighted by atomic mass is 9.65. The Morgan fingerprint density at radius 1 is 1.33 bits per heavy atom. The predicted octanol–water partition coefficient (Wildman–Crippen LogP) is 4.70. The van der Waals surface area contributed by atoms with Crippen LogP contribution < -0.4 is 4.74 Å². The van der Waals surface area contributed by atoms with Crippen LogP contribution in [0, 0.1) is 11.8 Å². The second kappa shape index (κ2) is 5.50. The number of rotatable bonds is 2. The highest BCUT2D eigenvalue weighted by Crippen LogP contribution is 2.51. The SMILES string of the molecule is CCC1CC2CC3c4[nH]c5cc(Br)c(OC)cc5c4CCN(C2)C13. The first-order chi connectivity index (χ1) is 11.7. The number of methoxy groups -OCH3 is 1. The van der Waals surface area contributed by atoms with Crippen molar-refractivity contribution in [3.63, 3.8) is 0 Å². The minimum atomic E-state index is 0.692. The maximum absolute atomic E-state index is 5.54. The van der Waals surface area contributed by atoms with Gasteiger partial charge in [0.1, 0.15) is 5.75 Å². The second-order valence-corrected chi connectivity index (χ2v) is 8.75. The Hall–Kier alpha value is -1.00. The highest BCUT2D eigenvalue weighted by molar-refractivity contribution is 9.10. The van der Waals surface area contributed by atoms with Gasteiger partial charge in [-0.25, -0.2) is 0 Å². The molecule has 4 heteroatoms. The summed E-state index contributed by atoms with van der Waals surface area (Å²) in [6, 6.07) is 5.16. The molecule has 1 saturated carbocycles. The van der Waals surface area contributed by atoms with E-state index in [2.05, 4.69) is 44.9 Å². The zero-order chi connectivity index (χ0) is 16.4. The van der Waals surface area contributed by atoms with Crippen molar-refractivity contribution in [2.45, 2.75) is 44.6 Å². The van der Waals surface area contributed by atoms with Gasteiger partial charge in [-0.2, -0.15) is 0 Å². The van der Waals surface area contributed by atoms with Crippen LogP contribution >= 0.6 is 15.9 Å². The number of benzene rings is 1. The number of hydrogen-bond donors (Lipinski definition) is 1. The summed E-state index contributed by atoms with van der Waals surface area (Å²) in [6.45, 7) is 4.92. The fourth-order valence-corrected chi connectivity index (χ4v) is 6.36. The third-order valence-electron chi connectivity index (χ3n) is 6.79. The Morgan fingerprint density at radius 2 is 2.21 bits per heavy atom. The average Bonchev–Trinajstić information content (AvgIpc) is 2.90. The van der Waals surface area contributed by atoms with Crippen LogP contribution in [-0.2, 0) is 6.42 Å². The molecule has 6 rings (SSSR count). The predicted molar refractivity (Wildman–Crippen MR) is 101 cm³/mol. The molecule has 1 aliphatic carbocycles. The minimum absolute atomic E-state index is 0.692. The van der Waals surface area contributed by atoms with Crippen molar-refractivity contribution in [1.82, 2.24) is 9.88 Å². The summed E-state index contributed by atoms with van der Waals surface area (Å²) in [4.78, 5) is 6.63. The summed E-state index contributed by atoms with van der Waals surface area (Å²) in [5, 5.41) is 1.36. The van der Waals surface area contributed by atoms with E-state index in [-0.39, 0.29) is 0 Å². The molecule has 1 N–H and O–H groups in total. The van der Waals surface area contributed by atoms with Gasteiger partial charge in [-0.3, -0.25) is 4.90 Å². The molecule has 4 heterocycles. The van der Waals surface area contributed by atoms with Gasteiger partial charge in [0, 0.05) is 41.6 Å². The maximum Gasteiger partial charge on any atom is 0.133 e. The molecule has 2 saturated heterocycles. The van der Waals surface area contributed by atoms with Crippen LogP contribution in [0.15, 0.2) is 16.6 Å². The van der Waals surface area contributed by atoms with Gasteiger partial charge in [-0.15, -0.1) is 0 Å². The normalized spacial score (nSPS) is 34.2. The molecule has 5 atom stereocenters. The number of halogens is 1. The molecule has 4 bridgehead atoms. The van der Waals surface area contributed by atoms with E-state index in [1.165, 1.54) is 48.9 Å². The first-order valence-corrected chi connectivity index (χ1v) is 10.1. The fraction of sp³-hybridized carbons (Fsp3) is 0.600. The first kappa shape index (κ1) is 15.3. The van der Waals surface area contributed by atoms with Crippen molar-refractivity contribution in [2.24, 2.45) is 11.8 Å². The number of aromatic nitrogens is 1. The largest absolute Gasteiger partial charge is 0.496 e. The Bertz CT molecular complexity index is 799. The van der Waals surface area contributed by atoms with Gasteiger partial charge >= 0.3 is 0 Å². The van der Waals surface area contributed by atoms with Crippen molar-refractivity contribution in [1.29, 1.82) is 0 Å². The molecular weight excluding hydrogens is 364 g/mol. The molecule has 3 nitrogen and oxygen atoms in total. The minimum Gasteiger partial charge on any atom is -0.496 e. The van der Waals surface area contributed by atoms with E-state index in [0.29, 0.717) is 5.92 Å². The van der Waals surface area contributed by atoms with Crippen LogP contribution in [0.3, 0.4) is 0 Å². The molecule has 0 spiro atoms. The quantitative estimate of drug-likeness (QED) is 0.807. The van der Waals surface area contributed by atoms with E-state index < -0.39 is 0 Å². The number of nitrogens with zero attached hydrogens (tertiary/aromatic N) is 1. The first-order valence-electron chi connectivity index (χ1n) is 9.31. The monoisotopic (exact) mass is 388 g/mol. The number of piperidine rings is 2. The number of ether oxygens (including phenoxy) is 1. The summed E-state index contributed by atoms with van der Waals surface area (Å²) >= 11 is 3.64. The van der Waals surface area contributed by atoms with Gasteiger partial charge in [-0.05, 0) is 64.7 Å². The van der Waals surface area contributed by atoms with Crippen LogP contribution in [0.1, 0.15) is 43.4 Å². The van der Waals surface area contributed by atoms with E-state index in [0.717, 1.165) is 34.5 Å². The smallest absolute Gasteiger partial charge is 0.133 e. The highest BCUT2D eigenvalue weighted by Gasteiger charge is 2.48. The van der Waals surface area contributed by atoms with E-state index in [1.807, 2.05) is 0 Å². The highest BCUT2D eigenvalue weighted by atomic mass is 79.9. The zero-order valence-electron chi connectivity index (χ0n) is 14.4. The van der Waals surface area contributed by atoms with Crippen molar-refractivity contribution in [3.05, 3.63) is 27.9 Å². The Labute approximate surface area is 151 Å². The molecule has 3 fully saturated rings. The third kappa shape index (κ3) is 2.05. The molecule has 5 unspecified atom stereocenters. The van der Waals surface area contributed by atoms with Crippen LogP contribution in [0.4, 0.5) is 0 Å². The summed E-state index contributed by atoms with van der Waals surface area (Å²) < 4.78 is 6.58. The number of nitrogens with one attached hydrogen (secondary N) is 1. The Balaban J connectivity index is 1.68. The van der Waals surface area contributed by atoms with E-state index in [1.54, 1.807) is 12.7 Å². The fourth-order valence-electron chi connectivity index (χ4n) is 5.85. The van der Waals surface area contributed by atoms with Gasteiger partial charge in [0.2, 0.25) is 0 Å². The Kier molecular flexibility index (Phi) is 3.50. The lowest BCUT2D eigenvalue weighted by molar-refractivity contribution is -0.0134. The van der Waals surface area contributed by atoms with Crippen LogP contribution in [0.2, 0.25) is 0 Å². The number of hydrogen-bond acceptors (Lipinski definition) is 2. The van der Waals surface area contributed by atoms with Crippen molar-refractivity contribution in [2.75, 3.05) is 20.2 Å². The number of fused-ring (bicyclic) bond motifs is 4. The summed E-state index contributed by atoms with van der Waals surface area (Å²) in [7, 11) is 1.75. The molecule has 4 aliphatic rings. The number of H-pyrrole nitrogens is 1. The summed E-state index contributed by atoms with van der Waals surface area (Å²) in [5.41, 5.74) is 4.34. The molecule has 0 radical (unpaired) electrons. The molecule has 24 heavy (non-hydrogen) atoms.